The number of nitrogens with zero attached hydrogens (tertiary/aromatic N) is 4. The molecule has 0 bridgehead atoms. The zero-order chi connectivity index (χ0) is 35.2. The number of hydrogen-bond acceptors (Lipinski definition) is 9. The van der Waals surface area contributed by atoms with Crippen LogP contribution in [-0.2, 0) is 17.7 Å². The van der Waals surface area contributed by atoms with E-state index in [-0.39, 0.29) is 41.7 Å². The zero-order valence-electron chi connectivity index (χ0n) is 27.6. The lowest BCUT2D eigenvalue weighted by Gasteiger charge is -2.22. The first-order chi connectivity index (χ1) is 22.7. The molecule has 1 amide bonds. The van der Waals surface area contributed by atoms with E-state index in [4.69, 9.17) is 9.47 Å². The summed E-state index contributed by atoms with van der Waals surface area (Å²) in [6.45, 7) is 8.12. The van der Waals surface area contributed by atoms with Crippen LogP contribution in [0.1, 0.15) is 56.3 Å². The van der Waals surface area contributed by atoms with Gasteiger partial charge in [0, 0.05) is 34.9 Å². The van der Waals surface area contributed by atoms with Crippen molar-refractivity contribution in [3.8, 4) is 11.4 Å². The van der Waals surface area contributed by atoms with Gasteiger partial charge in [-0.05, 0) is 82.7 Å². The van der Waals surface area contributed by atoms with Crippen LogP contribution in [0.25, 0.3) is 5.69 Å². The van der Waals surface area contributed by atoms with Gasteiger partial charge in [0.1, 0.15) is 23.9 Å². The van der Waals surface area contributed by atoms with Crippen molar-refractivity contribution < 1.29 is 23.6 Å². The third-order valence-corrected chi connectivity index (χ3v) is 7.81. The molecule has 0 saturated carbocycles. The Morgan fingerprint density at radius 1 is 1.19 bits per heavy atom. The van der Waals surface area contributed by atoms with Crippen LogP contribution in [0.2, 0.25) is 0 Å². The molecule has 3 aromatic carbocycles. The van der Waals surface area contributed by atoms with Gasteiger partial charge in [-0.25, -0.2) is 14.0 Å². The average molecular weight is 729 g/mol. The molecule has 0 saturated heterocycles. The highest BCUT2D eigenvalue weighted by atomic mass is 79.9. The highest BCUT2D eigenvalue weighted by Crippen LogP contribution is 2.34. The van der Waals surface area contributed by atoms with Gasteiger partial charge in [-0.3, -0.25) is 15.1 Å². The molecule has 0 spiro atoms. The van der Waals surface area contributed by atoms with Crippen molar-refractivity contribution in [3.05, 3.63) is 108 Å². The van der Waals surface area contributed by atoms with Crippen molar-refractivity contribution in [1.82, 2.24) is 25.0 Å². The zero-order valence-corrected chi connectivity index (χ0v) is 29.2. The van der Waals surface area contributed by atoms with Crippen molar-refractivity contribution in [3.63, 3.8) is 0 Å². The molecule has 13 nitrogen and oxygen atoms in total. The maximum Gasteiger partial charge on any atom is 0.407 e. The molecule has 0 aliphatic rings. The fourth-order valence-corrected chi connectivity index (χ4v) is 5.10. The number of carbonyl (C=O) groups excluding carboxylic acids is 1. The van der Waals surface area contributed by atoms with Crippen LogP contribution >= 0.6 is 15.9 Å². The van der Waals surface area contributed by atoms with Gasteiger partial charge >= 0.3 is 11.8 Å². The van der Waals surface area contributed by atoms with Gasteiger partial charge in [0.05, 0.1) is 4.92 Å². The maximum atomic E-state index is 16.4. The SMILES string of the molecule is CCc1cc(OCCN(C)C)c(F)c(C(Nc2ccc(Br)c(CNC(=O)OC(C)(C)C)c2)c2nn(-c3ccccc3[N+](=O)[O-])c(=O)[nH]2)c1. The quantitative estimate of drug-likeness (QED) is 0.109. The molecule has 1 unspecified atom stereocenters. The number of aryl methyl sites for hydroxylation is 1. The standard InChI is InChI=1S/C33H39BrFN7O6/c1-7-20-16-23(28(35)27(17-20)47-15-14-40(5)6)29(30-38-31(43)41(39-30)25-10-8-9-11-26(25)42(45)46)37-22-12-13-24(34)21(18-22)19-36-32(44)48-33(2,3)4/h8-13,16-18,29,37H,7,14-15,19H2,1-6H3,(H,36,44)(H,38,39,43). The van der Waals surface area contributed by atoms with Gasteiger partial charge < -0.3 is 25.0 Å². The Morgan fingerprint density at radius 3 is 2.58 bits per heavy atom. The minimum atomic E-state index is -1.09. The third kappa shape index (κ3) is 9.19. The van der Waals surface area contributed by atoms with Crippen LogP contribution in [0.15, 0.2) is 63.9 Å². The number of halogens is 2. The van der Waals surface area contributed by atoms with Gasteiger partial charge in [-0.2, -0.15) is 4.68 Å². The number of amides is 1. The minimum Gasteiger partial charge on any atom is -0.489 e. The summed E-state index contributed by atoms with van der Waals surface area (Å²) in [6, 6.07) is 13.2. The average Bonchev–Trinajstić information content (AvgIpc) is 3.40. The number of ether oxygens (including phenoxy) is 2. The number of anilines is 1. The first-order valence-corrected chi connectivity index (χ1v) is 16.0. The molecule has 15 heteroatoms. The molecule has 1 heterocycles. The van der Waals surface area contributed by atoms with E-state index in [0.29, 0.717) is 28.7 Å². The van der Waals surface area contributed by atoms with Crippen LogP contribution < -0.4 is 21.1 Å². The van der Waals surface area contributed by atoms with E-state index in [0.717, 1.165) is 10.2 Å². The lowest BCUT2D eigenvalue weighted by atomic mass is 10.00. The molecule has 256 valence electrons. The number of nitrogens with one attached hydrogen (secondary N) is 3. The number of aromatic amines is 1. The van der Waals surface area contributed by atoms with Gasteiger partial charge in [-0.15, -0.1) is 5.10 Å². The molecule has 48 heavy (non-hydrogen) atoms. The van der Waals surface area contributed by atoms with Crippen LogP contribution in [0, 0.1) is 15.9 Å². The number of hydrogen-bond donors (Lipinski definition) is 3. The predicted octanol–water partition coefficient (Wildman–Crippen LogP) is 6.10. The number of carbonyl (C=O) groups is 1. The second-order valence-corrected chi connectivity index (χ2v) is 13.1. The number of nitro benzene ring substituents is 1. The fraction of sp³-hybridized carbons (Fsp3) is 0.364. The second kappa shape index (κ2) is 15.4. The van der Waals surface area contributed by atoms with E-state index in [2.05, 4.69) is 36.6 Å². The Labute approximate surface area is 285 Å². The Balaban J connectivity index is 1.80. The molecule has 0 radical (unpaired) electrons. The lowest BCUT2D eigenvalue weighted by Crippen LogP contribution is -2.32. The first-order valence-electron chi connectivity index (χ1n) is 15.2. The number of H-pyrrole nitrogens is 1. The van der Waals surface area contributed by atoms with Crippen molar-refractivity contribution in [2.75, 3.05) is 32.6 Å². The highest BCUT2D eigenvalue weighted by Gasteiger charge is 2.28. The van der Waals surface area contributed by atoms with Crippen LogP contribution in [0.3, 0.4) is 0 Å². The molecule has 1 atom stereocenters. The Kier molecular flexibility index (Phi) is 11.6. The molecule has 0 fully saturated rings. The van der Waals surface area contributed by atoms with E-state index >= 15 is 4.39 Å². The number of likely N-dealkylation sites (N-methyl/N-ethyl adjacent to an activating group) is 1. The van der Waals surface area contributed by atoms with E-state index in [1.807, 2.05) is 25.9 Å². The molecular formula is C33H39BrFN7O6. The van der Waals surface area contributed by atoms with Crippen molar-refractivity contribution >= 4 is 33.4 Å². The monoisotopic (exact) mass is 727 g/mol. The van der Waals surface area contributed by atoms with Gasteiger partial charge in [0.15, 0.2) is 17.4 Å². The van der Waals surface area contributed by atoms with Crippen molar-refractivity contribution in [2.24, 2.45) is 0 Å². The minimum absolute atomic E-state index is 0.000828. The molecule has 0 aliphatic carbocycles. The van der Waals surface area contributed by atoms with Crippen LogP contribution in [-0.4, -0.2) is 63.5 Å². The molecule has 0 aliphatic heterocycles. The highest BCUT2D eigenvalue weighted by molar-refractivity contribution is 9.10. The van der Waals surface area contributed by atoms with Gasteiger partial charge in [0.2, 0.25) is 0 Å². The number of alkyl carbamates (subject to hydrolysis) is 1. The molecule has 4 rings (SSSR count). The van der Waals surface area contributed by atoms with E-state index in [9.17, 15) is 19.7 Å². The summed E-state index contributed by atoms with van der Waals surface area (Å²) >= 11 is 3.51. The molecular weight excluding hydrogens is 689 g/mol. The Hall–Kier alpha value is -4.76. The number of rotatable bonds is 13. The van der Waals surface area contributed by atoms with E-state index in [1.54, 1.807) is 57.2 Å². The number of benzene rings is 3. The number of para-hydroxylation sites is 2. The van der Waals surface area contributed by atoms with Crippen LogP contribution in [0.5, 0.6) is 5.75 Å². The van der Waals surface area contributed by atoms with Crippen molar-refractivity contribution in [2.45, 2.75) is 52.3 Å². The van der Waals surface area contributed by atoms with Crippen LogP contribution in [0.4, 0.5) is 20.6 Å². The van der Waals surface area contributed by atoms with Gasteiger partial charge in [0.25, 0.3) is 5.69 Å². The number of nitro groups is 1. The summed E-state index contributed by atoms with van der Waals surface area (Å²) in [5, 5.41) is 22.2. The van der Waals surface area contributed by atoms with Gasteiger partial charge in [-0.1, -0.05) is 41.1 Å². The summed E-state index contributed by atoms with van der Waals surface area (Å²) < 4.78 is 29.2. The predicted molar refractivity (Wildman–Crippen MR) is 183 cm³/mol. The summed E-state index contributed by atoms with van der Waals surface area (Å²) in [6.07, 6.45) is -0.0340. The third-order valence-electron chi connectivity index (χ3n) is 7.04. The van der Waals surface area contributed by atoms with E-state index < -0.39 is 34.2 Å². The molecule has 1 aromatic heterocycles. The summed E-state index contributed by atoms with van der Waals surface area (Å²) in [4.78, 5) is 41.3. The first kappa shape index (κ1) is 36.1. The second-order valence-electron chi connectivity index (χ2n) is 12.2. The Bertz CT molecular complexity index is 1840. The topological polar surface area (TPSA) is 157 Å². The number of aromatic nitrogens is 3. The lowest BCUT2D eigenvalue weighted by molar-refractivity contribution is -0.384. The molecule has 3 N–H and O–H groups in total. The largest absolute Gasteiger partial charge is 0.489 e. The summed E-state index contributed by atoms with van der Waals surface area (Å²) in [5.74, 6) is -0.620. The smallest absolute Gasteiger partial charge is 0.407 e. The van der Waals surface area contributed by atoms with E-state index in [1.165, 1.54) is 18.2 Å². The van der Waals surface area contributed by atoms with Crippen molar-refractivity contribution in [1.29, 1.82) is 0 Å². The summed E-state index contributed by atoms with van der Waals surface area (Å²) in [5.41, 5.74) is 0.283. The Morgan fingerprint density at radius 2 is 1.92 bits per heavy atom. The fourth-order valence-electron chi connectivity index (χ4n) is 4.71. The normalized spacial score (nSPS) is 12.1. The summed E-state index contributed by atoms with van der Waals surface area (Å²) in [7, 11) is 3.76. The maximum absolute atomic E-state index is 16.4. The molecule has 4 aromatic rings.